The summed E-state index contributed by atoms with van der Waals surface area (Å²) in [5.41, 5.74) is 8.45. The molecule has 0 radical (unpaired) electrons. The second-order valence-corrected chi connectivity index (χ2v) is 3.88. The van der Waals surface area contributed by atoms with Crippen LogP contribution in [-0.4, -0.2) is 4.98 Å². The van der Waals surface area contributed by atoms with Gasteiger partial charge in [-0.15, -0.1) is 11.3 Å². The maximum Gasteiger partial charge on any atom is 0.263 e. The SMILES string of the molecule is Nc1scnc1-c1cccc(C(F)F)c1. The predicted molar refractivity (Wildman–Crippen MR) is 56.9 cm³/mol. The molecule has 1 aromatic heterocycles. The summed E-state index contributed by atoms with van der Waals surface area (Å²) in [5, 5.41) is 0.543. The monoisotopic (exact) mass is 226 g/mol. The third-order valence-electron chi connectivity index (χ3n) is 2.01. The Morgan fingerprint density at radius 3 is 2.73 bits per heavy atom. The fraction of sp³-hybridized carbons (Fsp3) is 0.100. The van der Waals surface area contributed by atoms with Gasteiger partial charge < -0.3 is 5.73 Å². The van der Waals surface area contributed by atoms with Crippen molar-refractivity contribution in [2.45, 2.75) is 6.43 Å². The molecule has 2 N–H and O–H groups in total. The first-order valence-corrected chi connectivity index (χ1v) is 5.14. The van der Waals surface area contributed by atoms with Crippen LogP contribution >= 0.6 is 11.3 Å². The Labute approximate surface area is 89.4 Å². The molecule has 0 saturated heterocycles. The molecule has 0 bridgehead atoms. The molecule has 2 aromatic rings. The van der Waals surface area contributed by atoms with Crippen molar-refractivity contribution in [1.29, 1.82) is 0 Å². The minimum Gasteiger partial charge on any atom is -0.389 e. The van der Waals surface area contributed by atoms with Crippen molar-refractivity contribution in [2.75, 3.05) is 5.73 Å². The van der Waals surface area contributed by atoms with Crippen LogP contribution in [0, 0.1) is 0 Å². The summed E-state index contributed by atoms with van der Waals surface area (Å²) in [7, 11) is 0. The van der Waals surface area contributed by atoms with Crippen LogP contribution < -0.4 is 5.73 Å². The Balaban J connectivity index is 2.46. The van der Waals surface area contributed by atoms with Crippen molar-refractivity contribution in [3.63, 3.8) is 0 Å². The Morgan fingerprint density at radius 2 is 2.13 bits per heavy atom. The van der Waals surface area contributed by atoms with Gasteiger partial charge in [0.25, 0.3) is 6.43 Å². The standard InChI is InChI=1S/C10H8F2N2S/c11-9(12)7-3-1-2-6(4-7)8-10(13)15-5-14-8/h1-5,9H,13H2. The lowest BCUT2D eigenvalue weighted by Crippen LogP contribution is -1.88. The zero-order valence-corrected chi connectivity index (χ0v) is 8.47. The molecule has 1 heterocycles. The summed E-state index contributed by atoms with van der Waals surface area (Å²) in [6, 6.07) is 6.10. The van der Waals surface area contributed by atoms with E-state index in [9.17, 15) is 8.78 Å². The van der Waals surface area contributed by atoms with Crippen molar-refractivity contribution in [3.8, 4) is 11.3 Å². The van der Waals surface area contributed by atoms with Gasteiger partial charge in [0.1, 0.15) is 10.7 Å². The van der Waals surface area contributed by atoms with Crippen LogP contribution in [0.3, 0.4) is 0 Å². The van der Waals surface area contributed by atoms with E-state index < -0.39 is 6.43 Å². The molecular formula is C10H8F2N2S. The van der Waals surface area contributed by atoms with Crippen molar-refractivity contribution < 1.29 is 8.78 Å². The number of thiazole rings is 1. The first-order valence-electron chi connectivity index (χ1n) is 4.26. The van der Waals surface area contributed by atoms with E-state index in [1.807, 2.05) is 0 Å². The van der Waals surface area contributed by atoms with Gasteiger partial charge >= 0.3 is 0 Å². The van der Waals surface area contributed by atoms with E-state index in [2.05, 4.69) is 4.98 Å². The number of nitrogen functional groups attached to an aromatic ring is 1. The van der Waals surface area contributed by atoms with Gasteiger partial charge in [0.2, 0.25) is 0 Å². The van der Waals surface area contributed by atoms with Crippen LogP contribution in [0.2, 0.25) is 0 Å². The lowest BCUT2D eigenvalue weighted by molar-refractivity contribution is 0.151. The van der Waals surface area contributed by atoms with Crippen LogP contribution in [0.4, 0.5) is 13.8 Å². The minimum atomic E-state index is -2.47. The minimum absolute atomic E-state index is 0.0140. The molecule has 0 aliphatic heterocycles. The highest BCUT2D eigenvalue weighted by atomic mass is 32.1. The van der Waals surface area contributed by atoms with E-state index in [0.29, 0.717) is 16.3 Å². The molecule has 0 aliphatic carbocycles. The second kappa shape index (κ2) is 3.94. The summed E-state index contributed by atoms with van der Waals surface area (Å²) in [6.45, 7) is 0. The summed E-state index contributed by atoms with van der Waals surface area (Å²) in [6.07, 6.45) is -2.47. The molecule has 0 atom stereocenters. The van der Waals surface area contributed by atoms with Crippen LogP contribution in [0.5, 0.6) is 0 Å². The van der Waals surface area contributed by atoms with Crippen molar-refractivity contribution >= 4 is 16.3 Å². The molecule has 15 heavy (non-hydrogen) atoms. The van der Waals surface area contributed by atoms with Crippen LogP contribution in [0.1, 0.15) is 12.0 Å². The van der Waals surface area contributed by atoms with Gasteiger partial charge in [0, 0.05) is 11.1 Å². The largest absolute Gasteiger partial charge is 0.389 e. The maximum absolute atomic E-state index is 12.4. The number of hydrogen-bond acceptors (Lipinski definition) is 3. The average Bonchev–Trinajstić information content (AvgIpc) is 2.64. The van der Waals surface area contributed by atoms with Gasteiger partial charge in [-0.25, -0.2) is 13.8 Å². The lowest BCUT2D eigenvalue weighted by atomic mass is 10.1. The number of nitrogens with zero attached hydrogens (tertiary/aromatic N) is 1. The fourth-order valence-electron chi connectivity index (χ4n) is 1.29. The van der Waals surface area contributed by atoms with E-state index >= 15 is 0 Å². The van der Waals surface area contributed by atoms with Crippen LogP contribution in [-0.2, 0) is 0 Å². The van der Waals surface area contributed by atoms with Gasteiger partial charge in [-0.1, -0.05) is 18.2 Å². The van der Waals surface area contributed by atoms with Gasteiger partial charge in [-0.2, -0.15) is 0 Å². The highest BCUT2D eigenvalue weighted by Gasteiger charge is 2.10. The third-order valence-corrected chi connectivity index (χ3v) is 2.67. The predicted octanol–water partition coefficient (Wildman–Crippen LogP) is 3.33. The van der Waals surface area contributed by atoms with Crippen molar-refractivity contribution in [1.82, 2.24) is 4.98 Å². The van der Waals surface area contributed by atoms with E-state index in [4.69, 9.17) is 5.73 Å². The van der Waals surface area contributed by atoms with Crippen molar-refractivity contribution in [3.05, 3.63) is 35.3 Å². The van der Waals surface area contributed by atoms with E-state index in [1.165, 1.54) is 23.5 Å². The normalized spacial score (nSPS) is 10.9. The third kappa shape index (κ3) is 1.97. The van der Waals surface area contributed by atoms with Gasteiger partial charge in [0.15, 0.2) is 0 Å². The summed E-state index contributed by atoms with van der Waals surface area (Å²) in [5.74, 6) is 0. The smallest absolute Gasteiger partial charge is 0.263 e. The highest BCUT2D eigenvalue weighted by molar-refractivity contribution is 7.14. The number of alkyl halides is 2. The molecule has 0 saturated carbocycles. The molecule has 0 aliphatic rings. The van der Waals surface area contributed by atoms with Crippen LogP contribution in [0.15, 0.2) is 29.8 Å². The van der Waals surface area contributed by atoms with E-state index in [1.54, 1.807) is 17.6 Å². The molecule has 2 rings (SSSR count). The molecule has 0 fully saturated rings. The maximum atomic E-state index is 12.4. The fourth-order valence-corrected chi connectivity index (χ4v) is 1.85. The van der Waals surface area contributed by atoms with E-state index in [0.717, 1.165) is 0 Å². The number of rotatable bonds is 2. The number of hydrogen-bond donors (Lipinski definition) is 1. The molecule has 1 aromatic carbocycles. The molecule has 5 heteroatoms. The zero-order chi connectivity index (χ0) is 10.8. The number of benzene rings is 1. The van der Waals surface area contributed by atoms with Gasteiger partial charge in [0.05, 0.1) is 5.51 Å². The number of aromatic nitrogens is 1. The molecule has 0 amide bonds. The molecule has 0 unspecified atom stereocenters. The Bertz CT molecular complexity index is 468. The van der Waals surface area contributed by atoms with Gasteiger partial charge in [-0.3, -0.25) is 0 Å². The zero-order valence-electron chi connectivity index (χ0n) is 7.65. The van der Waals surface area contributed by atoms with Crippen LogP contribution in [0.25, 0.3) is 11.3 Å². The molecule has 78 valence electrons. The first-order chi connectivity index (χ1) is 7.18. The Morgan fingerprint density at radius 1 is 1.33 bits per heavy atom. The lowest BCUT2D eigenvalue weighted by Gasteiger charge is -2.02. The number of halogens is 2. The Hall–Kier alpha value is -1.49. The number of nitrogens with two attached hydrogens (primary N) is 1. The topological polar surface area (TPSA) is 38.9 Å². The Kier molecular flexibility index (Phi) is 2.64. The van der Waals surface area contributed by atoms with Gasteiger partial charge in [-0.05, 0) is 6.07 Å². The summed E-state index contributed by atoms with van der Waals surface area (Å²) in [4.78, 5) is 4.04. The highest BCUT2D eigenvalue weighted by Crippen LogP contribution is 2.30. The molecule has 0 spiro atoms. The van der Waals surface area contributed by atoms with E-state index in [-0.39, 0.29) is 5.56 Å². The second-order valence-electron chi connectivity index (χ2n) is 2.99. The average molecular weight is 226 g/mol. The quantitative estimate of drug-likeness (QED) is 0.853. The molecule has 2 nitrogen and oxygen atoms in total. The number of anilines is 1. The summed E-state index contributed by atoms with van der Waals surface area (Å²) < 4.78 is 24.9. The molecular weight excluding hydrogens is 218 g/mol. The van der Waals surface area contributed by atoms with Crippen molar-refractivity contribution in [2.24, 2.45) is 0 Å². The summed E-state index contributed by atoms with van der Waals surface area (Å²) >= 11 is 1.29. The first kappa shape index (κ1) is 10.0.